The molecule has 0 fully saturated rings. The molecule has 6 heteroatoms. The molecule has 0 aliphatic heterocycles. The molecule has 0 spiro atoms. The van der Waals surface area contributed by atoms with Crippen LogP contribution in [0.25, 0.3) is 0 Å². The first-order chi connectivity index (χ1) is 7.68. The molecular weight excluding hydrogens is 247 g/mol. The molecule has 2 aromatic rings. The Morgan fingerprint density at radius 2 is 2.19 bits per heavy atom. The lowest BCUT2D eigenvalue weighted by atomic mass is 10.3. The molecule has 84 valence electrons. The zero-order chi connectivity index (χ0) is 11.5. The van der Waals surface area contributed by atoms with E-state index in [0.29, 0.717) is 16.6 Å². The maximum Gasteiger partial charge on any atom is 0.0823 e. The van der Waals surface area contributed by atoms with E-state index in [1.54, 1.807) is 16.9 Å². The van der Waals surface area contributed by atoms with Gasteiger partial charge in [-0.15, -0.1) is 5.10 Å². The number of halogens is 2. The SMILES string of the molecule is Cn1nncc1CNc1cccc(Cl)c1Cl. The normalized spacial score (nSPS) is 10.4. The summed E-state index contributed by atoms with van der Waals surface area (Å²) in [7, 11) is 1.84. The Balaban J connectivity index is 2.11. The van der Waals surface area contributed by atoms with Crippen molar-refractivity contribution in [1.29, 1.82) is 0 Å². The van der Waals surface area contributed by atoms with Crippen molar-refractivity contribution in [2.24, 2.45) is 7.05 Å². The van der Waals surface area contributed by atoms with Crippen molar-refractivity contribution in [2.45, 2.75) is 6.54 Å². The van der Waals surface area contributed by atoms with Crippen LogP contribution in [0, 0.1) is 0 Å². The average molecular weight is 257 g/mol. The third kappa shape index (κ3) is 2.28. The molecule has 0 amide bonds. The van der Waals surface area contributed by atoms with E-state index in [9.17, 15) is 0 Å². The van der Waals surface area contributed by atoms with Gasteiger partial charge in [-0.2, -0.15) is 0 Å². The number of rotatable bonds is 3. The molecule has 2 rings (SSSR count). The minimum atomic E-state index is 0.527. The van der Waals surface area contributed by atoms with Gasteiger partial charge in [0, 0.05) is 7.05 Å². The minimum Gasteiger partial charge on any atom is -0.378 e. The third-order valence-electron chi connectivity index (χ3n) is 2.22. The van der Waals surface area contributed by atoms with E-state index in [0.717, 1.165) is 11.4 Å². The first-order valence-electron chi connectivity index (χ1n) is 4.70. The lowest BCUT2D eigenvalue weighted by Crippen LogP contribution is -2.05. The van der Waals surface area contributed by atoms with Crippen LogP contribution < -0.4 is 5.32 Å². The summed E-state index contributed by atoms with van der Waals surface area (Å²) in [5, 5.41) is 11.9. The summed E-state index contributed by atoms with van der Waals surface area (Å²) >= 11 is 11.9. The van der Waals surface area contributed by atoms with E-state index in [1.165, 1.54) is 0 Å². The van der Waals surface area contributed by atoms with Crippen LogP contribution in [-0.2, 0) is 13.6 Å². The average Bonchev–Trinajstić information content (AvgIpc) is 2.67. The molecule has 0 saturated carbocycles. The zero-order valence-corrected chi connectivity index (χ0v) is 10.1. The number of hydrogen-bond donors (Lipinski definition) is 1. The highest BCUT2D eigenvalue weighted by Crippen LogP contribution is 2.29. The predicted octanol–water partition coefficient (Wildman–Crippen LogP) is 2.73. The highest BCUT2D eigenvalue weighted by molar-refractivity contribution is 6.43. The van der Waals surface area contributed by atoms with Gasteiger partial charge in [0.25, 0.3) is 0 Å². The largest absolute Gasteiger partial charge is 0.378 e. The van der Waals surface area contributed by atoms with E-state index in [2.05, 4.69) is 15.6 Å². The number of benzene rings is 1. The molecular formula is C10H10Cl2N4. The minimum absolute atomic E-state index is 0.527. The van der Waals surface area contributed by atoms with Crippen molar-refractivity contribution >= 4 is 28.9 Å². The van der Waals surface area contributed by atoms with Crippen molar-refractivity contribution < 1.29 is 0 Å². The highest BCUT2D eigenvalue weighted by atomic mass is 35.5. The quantitative estimate of drug-likeness (QED) is 0.919. The maximum atomic E-state index is 6.04. The van der Waals surface area contributed by atoms with Crippen LogP contribution in [0.4, 0.5) is 5.69 Å². The fourth-order valence-electron chi connectivity index (χ4n) is 1.30. The Morgan fingerprint density at radius 3 is 2.88 bits per heavy atom. The van der Waals surface area contributed by atoms with E-state index in [4.69, 9.17) is 23.2 Å². The highest BCUT2D eigenvalue weighted by Gasteiger charge is 2.05. The molecule has 0 saturated heterocycles. The Hall–Kier alpha value is -1.26. The van der Waals surface area contributed by atoms with Gasteiger partial charge in [-0.05, 0) is 12.1 Å². The Labute approximate surface area is 103 Å². The standard InChI is InChI=1S/C10H10Cl2N4/c1-16-7(6-14-15-16)5-13-9-4-2-3-8(11)10(9)12/h2-4,6,13H,5H2,1H3. The van der Waals surface area contributed by atoms with Gasteiger partial charge in [0.15, 0.2) is 0 Å². The Morgan fingerprint density at radius 1 is 1.38 bits per heavy atom. The van der Waals surface area contributed by atoms with Crippen LogP contribution >= 0.6 is 23.2 Å². The molecule has 1 aromatic heterocycles. The molecule has 0 radical (unpaired) electrons. The van der Waals surface area contributed by atoms with E-state index in [-0.39, 0.29) is 0 Å². The van der Waals surface area contributed by atoms with Crippen molar-refractivity contribution in [3.8, 4) is 0 Å². The lowest BCUT2D eigenvalue weighted by molar-refractivity contribution is 0.683. The summed E-state index contributed by atoms with van der Waals surface area (Å²) < 4.78 is 1.70. The predicted molar refractivity (Wildman–Crippen MR) is 64.8 cm³/mol. The summed E-state index contributed by atoms with van der Waals surface area (Å²) in [6, 6.07) is 5.47. The summed E-state index contributed by atoms with van der Waals surface area (Å²) in [5.41, 5.74) is 1.77. The molecule has 0 atom stereocenters. The number of aromatic nitrogens is 3. The van der Waals surface area contributed by atoms with Crippen LogP contribution in [0.3, 0.4) is 0 Å². The smallest absolute Gasteiger partial charge is 0.0823 e. The van der Waals surface area contributed by atoms with Crippen LogP contribution in [-0.4, -0.2) is 15.0 Å². The third-order valence-corrected chi connectivity index (χ3v) is 3.04. The van der Waals surface area contributed by atoms with Gasteiger partial charge >= 0.3 is 0 Å². The van der Waals surface area contributed by atoms with Gasteiger partial charge in [0.05, 0.1) is 34.2 Å². The van der Waals surface area contributed by atoms with Gasteiger partial charge < -0.3 is 5.32 Å². The zero-order valence-electron chi connectivity index (χ0n) is 8.61. The summed E-state index contributed by atoms with van der Waals surface area (Å²) in [6.45, 7) is 0.601. The molecule has 0 unspecified atom stereocenters. The Bertz CT molecular complexity index is 495. The van der Waals surface area contributed by atoms with Crippen molar-refractivity contribution in [3.05, 3.63) is 40.1 Å². The maximum absolute atomic E-state index is 6.04. The fraction of sp³-hybridized carbons (Fsp3) is 0.200. The molecule has 16 heavy (non-hydrogen) atoms. The van der Waals surface area contributed by atoms with Gasteiger partial charge in [-0.3, -0.25) is 4.68 Å². The molecule has 0 aliphatic carbocycles. The number of nitrogens with zero attached hydrogens (tertiary/aromatic N) is 3. The molecule has 0 bridgehead atoms. The second-order valence-electron chi connectivity index (χ2n) is 3.30. The molecule has 1 aromatic carbocycles. The molecule has 1 N–H and O–H groups in total. The summed E-state index contributed by atoms with van der Waals surface area (Å²) in [6.07, 6.45) is 1.70. The van der Waals surface area contributed by atoms with Crippen LogP contribution in [0.15, 0.2) is 24.4 Å². The topological polar surface area (TPSA) is 42.7 Å². The number of anilines is 1. The van der Waals surface area contributed by atoms with Crippen LogP contribution in [0.5, 0.6) is 0 Å². The second-order valence-corrected chi connectivity index (χ2v) is 4.09. The van der Waals surface area contributed by atoms with Gasteiger partial charge in [0.2, 0.25) is 0 Å². The van der Waals surface area contributed by atoms with Gasteiger partial charge in [-0.1, -0.05) is 34.5 Å². The molecule has 0 aliphatic rings. The van der Waals surface area contributed by atoms with Crippen LogP contribution in [0.1, 0.15) is 5.69 Å². The van der Waals surface area contributed by atoms with Crippen molar-refractivity contribution in [1.82, 2.24) is 15.0 Å². The number of nitrogens with one attached hydrogen (secondary N) is 1. The molecule has 4 nitrogen and oxygen atoms in total. The van der Waals surface area contributed by atoms with E-state index < -0.39 is 0 Å². The number of hydrogen-bond acceptors (Lipinski definition) is 3. The lowest BCUT2D eigenvalue weighted by Gasteiger charge is -2.08. The van der Waals surface area contributed by atoms with E-state index >= 15 is 0 Å². The first-order valence-corrected chi connectivity index (χ1v) is 5.45. The van der Waals surface area contributed by atoms with Crippen molar-refractivity contribution in [2.75, 3.05) is 5.32 Å². The van der Waals surface area contributed by atoms with Crippen molar-refractivity contribution in [3.63, 3.8) is 0 Å². The fourth-order valence-corrected chi connectivity index (χ4v) is 1.66. The monoisotopic (exact) mass is 256 g/mol. The summed E-state index contributed by atoms with van der Waals surface area (Å²) in [4.78, 5) is 0. The molecule has 1 heterocycles. The number of aryl methyl sites for hydroxylation is 1. The Kier molecular flexibility index (Phi) is 3.31. The van der Waals surface area contributed by atoms with Gasteiger partial charge in [0.1, 0.15) is 0 Å². The van der Waals surface area contributed by atoms with Crippen LogP contribution in [0.2, 0.25) is 10.0 Å². The van der Waals surface area contributed by atoms with Gasteiger partial charge in [-0.25, -0.2) is 0 Å². The second kappa shape index (κ2) is 4.72. The first kappa shape index (κ1) is 11.2. The van der Waals surface area contributed by atoms with E-state index in [1.807, 2.05) is 19.2 Å². The summed E-state index contributed by atoms with van der Waals surface area (Å²) in [5.74, 6) is 0.